The second-order valence-electron chi connectivity index (χ2n) is 8.91. The lowest BCUT2D eigenvalue weighted by Gasteiger charge is -2.11. The van der Waals surface area contributed by atoms with E-state index in [4.69, 9.17) is 9.47 Å². The molecule has 0 aliphatic rings. The molecule has 0 bridgehead atoms. The van der Waals surface area contributed by atoms with Gasteiger partial charge in [0.2, 0.25) is 0 Å². The lowest BCUT2D eigenvalue weighted by atomic mass is 10.1. The van der Waals surface area contributed by atoms with E-state index in [1.807, 2.05) is 17.5 Å². The first-order valence-electron chi connectivity index (χ1n) is 13.0. The molecular weight excluding hydrogens is 646 g/mol. The Morgan fingerprint density at radius 2 is 1.18 bits per heavy atom. The average molecular weight is 673 g/mol. The molecule has 0 spiro atoms. The number of carbonyl (C=O) groups is 4. The predicted molar refractivity (Wildman–Crippen MR) is 173 cm³/mol. The van der Waals surface area contributed by atoms with Gasteiger partial charge < -0.3 is 20.1 Å². The molecule has 222 valence electrons. The summed E-state index contributed by atoms with van der Waals surface area (Å²) in [4.78, 5) is 52.4. The predicted octanol–water partition coefficient (Wildman–Crippen LogP) is 7.34. The van der Waals surface area contributed by atoms with Crippen molar-refractivity contribution in [3.63, 3.8) is 0 Å². The van der Waals surface area contributed by atoms with Crippen molar-refractivity contribution in [2.24, 2.45) is 0 Å². The zero-order valence-corrected chi connectivity index (χ0v) is 26.0. The van der Waals surface area contributed by atoms with Gasteiger partial charge in [-0.25, -0.2) is 14.6 Å². The van der Waals surface area contributed by atoms with E-state index in [9.17, 15) is 19.2 Å². The van der Waals surface area contributed by atoms with Gasteiger partial charge in [-0.05, 0) is 54.6 Å². The summed E-state index contributed by atoms with van der Waals surface area (Å²) < 4.78 is 10.2. The Kier molecular flexibility index (Phi) is 11.1. The van der Waals surface area contributed by atoms with E-state index in [1.165, 1.54) is 25.6 Å². The highest BCUT2D eigenvalue weighted by Gasteiger charge is 2.17. The number of nitrogens with zero attached hydrogens (tertiary/aromatic N) is 1. The van der Waals surface area contributed by atoms with Gasteiger partial charge in [-0.1, -0.05) is 58.4 Å². The minimum absolute atomic E-state index is 0.283. The molecule has 2 amide bonds. The van der Waals surface area contributed by atoms with Gasteiger partial charge in [0, 0.05) is 32.7 Å². The van der Waals surface area contributed by atoms with Crippen LogP contribution in [0.25, 0.3) is 10.6 Å². The Labute approximate surface area is 266 Å². The third kappa shape index (κ3) is 8.24. The van der Waals surface area contributed by atoms with Crippen LogP contribution in [0.3, 0.4) is 0 Å². The maximum absolute atomic E-state index is 12.4. The average Bonchev–Trinajstić information content (AvgIpc) is 3.61. The number of methoxy groups -OCH3 is 2. The van der Waals surface area contributed by atoms with Crippen molar-refractivity contribution in [1.29, 1.82) is 0 Å². The normalized spacial score (nSPS) is 10.1. The fraction of sp³-hybridized carbons (Fsp3) is 0.0606. The summed E-state index contributed by atoms with van der Waals surface area (Å²) in [5.41, 5.74) is 3.24. The van der Waals surface area contributed by atoms with Crippen molar-refractivity contribution in [2.75, 3.05) is 24.9 Å². The van der Waals surface area contributed by atoms with Crippen LogP contribution >= 0.6 is 27.3 Å². The summed E-state index contributed by atoms with van der Waals surface area (Å²) in [6.07, 6.45) is 1.70. The Balaban J connectivity index is 0.000000204. The summed E-state index contributed by atoms with van der Waals surface area (Å²) in [6.45, 7) is 0. The van der Waals surface area contributed by atoms with Gasteiger partial charge in [0.05, 0.1) is 36.7 Å². The summed E-state index contributed by atoms with van der Waals surface area (Å²) in [6, 6.07) is 27.7. The highest BCUT2D eigenvalue weighted by Crippen LogP contribution is 2.28. The van der Waals surface area contributed by atoms with Crippen LogP contribution in [0.2, 0.25) is 0 Å². The van der Waals surface area contributed by atoms with E-state index in [2.05, 4.69) is 31.5 Å². The van der Waals surface area contributed by atoms with Gasteiger partial charge in [0.25, 0.3) is 11.8 Å². The van der Waals surface area contributed by atoms with Crippen LogP contribution in [0.1, 0.15) is 41.4 Å². The van der Waals surface area contributed by atoms with Crippen LogP contribution in [0.15, 0.2) is 113 Å². The quantitative estimate of drug-likeness (QED) is 0.174. The first-order chi connectivity index (χ1) is 21.3. The third-order valence-corrected chi connectivity index (χ3v) is 7.37. The molecule has 5 aromatic rings. The molecule has 0 aliphatic heterocycles. The number of rotatable bonds is 7. The molecule has 0 saturated carbocycles. The molecule has 1 heterocycles. The molecule has 44 heavy (non-hydrogen) atoms. The smallest absolute Gasteiger partial charge is 0.339 e. The molecule has 0 fully saturated rings. The summed E-state index contributed by atoms with van der Waals surface area (Å²) in [7, 11) is 2.60. The fourth-order valence-corrected chi connectivity index (χ4v) is 4.91. The standard InChI is InChI=1S/C18H14N2O3S.C15H12BrNO3/c1-23-18(22)14-8-7-13(17-19-9-10-24-17)11-15(14)20-16(21)12-5-3-2-4-6-12;1-20-15(19)12-8-7-11(16)9-13(12)17-14(18)10-5-3-2-4-6-10/h2-11H,1H3,(H,20,21);2-9H,1H3,(H,17,18). The monoisotopic (exact) mass is 671 g/mol. The summed E-state index contributed by atoms with van der Waals surface area (Å²) >= 11 is 4.79. The minimum atomic E-state index is -0.510. The molecule has 1 aromatic heterocycles. The number of hydrogen-bond acceptors (Lipinski definition) is 8. The van der Waals surface area contributed by atoms with Crippen molar-refractivity contribution < 1.29 is 28.7 Å². The number of ether oxygens (including phenoxy) is 2. The number of esters is 2. The topological polar surface area (TPSA) is 124 Å². The van der Waals surface area contributed by atoms with Gasteiger partial charge in [-0.3, -0.25) is 9.59 Å². The number of carbonyl (C=O) groups excluding carboxylic acids is 4. The van der Waals surface area contributed by atoms with E-state index in [0.717, 1.165) is 15.0 Å². The lowest BCUT2D eigenvalue weighted by molar-refractivity contribution is 0.0592. The zero-order valence-electron chi connectivity index (χ0n) is 23.6. The second-order valence-corrected chi connectivity index (χ2v) is 10.7. The molecule has 0 atom stereocenters. The Morgan fingerprint density at radius 3 is 1.66 bits per heavy atom. The Bertz CT molecular complexity index is 1760. The molecule has 4 aromatic carbocycles. The van der Waals surface area contributed by atoms with Gasteiger partial charge in [0.1, 0.15) is 5.01 Å². The van der Waals surface area contributed by atoms with Crippen molar-refractivity contribution in [2.45, 2.75) is 0 Å². The van der Waals surface area contributed by atoms with E-state index >= 15 is 0 Å². The largest absolute Gasteiger partial charge is 0.465 e. The number of anilines is 2. The van der Waals surface area contributed by atoms with E-state index in [1.54, 1.807) is 91.1 Å². The van der Waals surface area contributed by atoms with E-state index in [-0.39, 0.29) is 11.8 Å². The Hall–Kier alpha value is -5.13. The van der Waals surface area contributed by atoms with Crippen LogP contribution in [0, 0.1) is 0 Å². The molecule has 9 nitrogen and oxygen atoms in total. The SMILES string of the molecule is COC(=O)c1ccc(-c2nccs2)cc1NC(=O)c1ccccc1.COC(=O)c1ccc(Br)cc1NC(=O)c1ccccc1. The highest BCUT2D eigenvalue weighted by molar-refractivity contribution is 9.10. The molecule has 2 N–H and O–H groups in total. The van der Waals surface area contributed by atoms with Gasteiger partial charge >= 0.3 is 11.9 Å². The molecule has 0 unspecified atom stereocenters. The molecule has 5 rings (SSSR count). The maximum atomic E-state index is 12.4. The van der Waals surface area contributed by atoms with Gasteiger partial charge in [0.15, 0.2) is 0 Å². The summed E-state index contributed by atoms with van der Waals surface area (Å²) in [5, 5.41) is 8.17. The molecule has 0 aliphatic carbocycles. The van der Waals surface area contributed by atoms with Crippen molar-refractivity contribution in [3.05, 3.63) is 135 Å². The van der Waals surface area contributed by atoms with Crippen LogP contribution in [0.5, 0.6) is 0 Å². The minimum Gasteiger partial charge on any atom is -0.465 e. The number of amides is 2. The number of aromatic nitrogens is 1. The molecular formula is C33H26BrN3O6S. The zero-order chi connectivity index (χ0) is 31.5. The molecule has 0 saturated heterocycles. The van der Waals surface area contributed by atoms with Crippen molar-refractivity contribution in [3.8, 4) is 10.6 Å². The van der Waals surface area contributed by atoms with Crippen LogP contribution < -0.4 is 10.6 Å². The first kappa shape index (κ1) is 31.8. The van der Waals surface area contributed by atoms with Gasteiger partial charge in [-0.2, -0.15) is 0 Å². The second kappa shape index (κ2) is 15.4. The third-order valence-electron chi connectivity index (χ3n) is 6.06. The van der Waals surface area contributed by atoms with Crippen LogP contribution in [-0.2, 0) is 9.47 Å². The van der Waals surface area contributed by atoms with E-state index < -0.39 is 11.9 Å². The van der Waals surface area contributed by atoms with Gasteiger partial charge in [-0.15, -0.1) is 11.3 Å². The number of halogens is 1. The fourth-order valence-electron chi connectivity index (χ4n) is 3.91. The first-order valence-corrected chi connectivity index (χ1v) is 14.7. The number of thiazole rings is 1. The van der Waals surface area contributed by atoms with Crippen LogP contribution in [0.4, 0.5) is 11.4 Å². The lowest BCUT2D eigenvalue weighted by Crippen LogP contribution is -2.15. The maximum Gasteiger partial charge on any atom is 0.339 e. The summed E-state index contributed by atoms with van der Waals surface area (Å²) in [5.74, 6) is -1.59. The Morgan fingerprint density at radius 1 is 0.682 bits per heavy atom. The highest BCUT2D eigenvalue weighted by atomic mass is 79.9. The number of nitrogens with one attached hydrogen (secondary N) is 2. The number of hydrogen-bond donors (Lipinski definition) is 2. The van der Waals surface area contributed by atoms with Crippen molar-refractivity contribution in [1.82, 2.24) is 4.98 Å². The number of benzene rings is 4. The van der Waals surface area contributed by atoms with E-state index in [0.29, 0.717) is 33.6 Å². The molecule has 0 radical (unpaired) electrons. The molecule has 11 heteroatoms. The van der Waals surface area contributed by atoms with Crippen LogP contribution in [-0.4, -0.2) is 43.0 Å². The van der Waals surface area contributed by atoms with Crippen molar-refractivity contribution >= 4 is 62.4 Å².